The first-order valence-corrected chi connectivity index (χ1v) is 8.15. The van der Waals surface area contributed by atoms with Crippen LogP contribution in [0.3, 0.4) is 0 Å². The Labute approximate surface area is 114 Å². The van der Waals surface area contributed by atoms with Crippen LogP contribution in [0.2, 0.25) is 0 Å². The Hall–Kier alpha value is -0.0800. The molecule has 0 radical (unpaired) electrons. The molecule has 0 aromatic rings. The van der Waals surface area contributed by atoms with Gasteiger partial charge in [-0.05, 0) is 69.5 Å². The number of rotatable bonds is 6. The molecule has 2 fully saturated rings. The topological polar surface area (TPSA) is 15.3 Å². The molecule has 106 valence electrons. The molecule has 0 aromatic heterocycles. The summed E-state index contributed by atoms with van der Waals surface area (Å²) in [7, 11) is 0. The summed E-state index contributed by atoms with van der Waals surface area (Å²) in [6.07, 6.45) is 7.04. The second-order valence-corrected chi connectivity index (χ2v) is 6.84. The Bertz CT molecular complexity index is 227. The van der Waals surface area contributed by atoms with Crippen LogP contribution < -0.4 is 5.32 Å². The molecule has 2 heteroatoms. The number of hydrogen-bond acceptors (Lipinski definition) is 2. The maximum Gasteiger partial charge on any atom is 0.0101 e. The fourth-order valence-corrected chi connectivity index (χ4v) is 3.59. The SMILES string of the molecule is CCCN(CC1CCCNC1)C1CC(C(C)C)C1. The average molecular weight is 252 g/mol. The molecular weight excluding hydrogens is 220 g/mol. The van der Waals surface area contributed by atoms with Gasteiger partial charge in [-0.1, -0.05) is 20.8 Å². The van der Waals surface area contributed by atoms with Gasteiger partial charge in [-0.15, -0.1) is 0 Å². The number of piperidine rings is 1. The highest BCUT2D eigenvalue weighted by molar-refractivity contribution is 4.89. The molecule has 0 spiro atoms. The third-order valence-corrected chi connectivity index (χ3v) is 5.01. The van der Waals surface area contributed by atoms with Crippen LogP contribution >= 0.6 is 0 Å². The van der Waals surface area contributed by atoms with Crippen molar-refractivity contribution in [1.29, 1.82) is 0 Å². The minimum atomic E-state index is 0.890. The smallest absolute Gasteiger partial charge is 0.0101 e. The van der Waals surface area contributed by atoms with E-state index in [0.29, 0.717) is 0 Å². The summed E-state index contributed by atoms with van der Waals surface area (Å²) in [4.78, 5) is 2.80. The van der Waals surface area contributed by atoms with Crippen LogP contribution in [0, 0.1) is 17.8 Å². The van der Waals surface area contributed by atoms with E-state index in [4.69, 9.17) is 0 Å². The predicted octanol–water partition coefficient (Wildman–Crippen LogP) is 3.13. The molecule has 1 saturated heterocycles. The summed E-state index contributed by atoms with van der Waals surface area (Å²) >= 11 is 0. The van der Waals surface area contributed by atoms with E-state index >= 15 is 0 Å². The first-order valence-electron chi connectivity index (χ1n) is 8.15. The Morgan fingerprint density at radius 1 is 1.28 bits per heavy atom. The quantitative estimate of drug-likeness (QED) is 0.781. The minimum absolute atomic E-state index is 0.890. The molecule has 1 heterocycles. The van der Waals surface area contributed by atoms with Gasteiger partial charge in [-0.3, -0.25) is 0 Å². The molecule has 2 rings (SSSR count). The largest absolute Gasteiger partial charge is 0.316 e. The van der Waals surface area contributed by atoms with Gasteiger partial charge in [0.2, 0.25) is 0 Å². The van der Waals surface area contributed by atoms with Gasteiger partial charge in [0.15, 0.2) is 0 Å². The second kappa shape index (κ2) is 6.91. The van der Waals surface area contributed by atoms with Crippen LogP contribution in [0.5, 0.6) is 0 Å². The van der Waals surface area contributed by atoms with Gasteiger partial charge >= 0.3 is 0 Å². The zero-order valence-corrected chi connectivity index (χ0v) is 12.6. The molecule has 1 saturated carbocycles. The van der Waals surface area contributed by atoms with Crippen molar-refractivity contribution in [2.45, 2.75) is 58.9 Å². The Morgan fingerprint density at radius 2 is 2.06 bits per heavy atom. The minimum Gasteiger partial charge on any atom is -0.316 e. The zero-order chi connectivity index (χ0) is 13.0. The van der Waals surface area contributed by atoms with Gasteiger partial charge in [-0.25, -0.2) is 0 Å². The first kappa shape index (κ1) is 14.3. The van der Waals surface area contributed by atoms with Crippen molar-refractivity contribution in [2.75, 3.05) is 26.2 Å². The highest BCUT2D eigenvalue weighted by Gasteiger charge is 2.35. The van der Waals surface area contributed by atoms with E-state index in [9.17, 15) is 0 Å². The average Bonchev–Trinajstić information content (AvgIpc) is 2.28. The van der Waals surface area contributed by atoms with Crippen molar-refractivity contribution in [2.24, 2.45) is 17.8 Å². The summed E-state index contributed by atoms with van der Waals surface area (Å²) in [6.45, 7) is 12.2. The Morgan fingerprint density at radius 3 is 2.61 bits per heavy atom. The van der Waals surface area contributed by atoms with Crippen LogP contribution in [-0.4, -0.2) is 37.1 Å². The van der Waals surface area contributed by atoms with Gasteiger partial charge in [0, 0.05) is 12.6 Å². The second-order valence-electron chi connectivity index (χ2n) is 6.84. The van der Waals surface area contributed by atoms with Crippen molar-refractivity contribution < 1.29 is 0 Å². The standard InChI is InChI=1S/C16H32N2/c1-4-8-18(12-14-6-5-7-17-11-14)16-9-15(10-16)13(2)3/h13-17H,4-12H2,1-3H3. The van der Waals surface area contributed by atoms with Gasteiger partial charge in [0.05, 0.1) is 0 Å². The normalized spacial score (nSPS) is 32.8. The fraction of sp³-hybridized carbons (Fsp3) is 1.00. The van der Waals surface area contributed by atoms with Crippen LogP contribution in [0.4, 0.5) is 0 Å². The van der Waals surface area contributed by atoms with Gasteiger partial charge < -0.3 is 10.2 Å². The Balaban J connectivity index is 1.77. The first-order chi connectivity index (χ1) is 8.70. The number of nitrogens with zero attached hydrogens (tertiary/aromatic N) is 1. The van der Waals surface area contributed by atoms with Crippen molar-refractivity contribution >= 4 is 0 Å². The lowest BCUT2D eigenvalue weighted by Gasteiger charge is -2.46. The summed E-state index contributed by atoms with van der Waals surface area (Å²) in [5.74, 6) is 2.79. The molecule has 1 unspecified atom stereocenters. The summed E-state index contributed by atoms with van der Waals surface area (Å²) in [5.41, 5.74) is 0. The van der Waals surface area contributed by atoms with Crippen molar-refractivity contribution in [3.63, 3.8) is 0 Å². The van der Waals surface area contributed by atoms with E-state index in [-0.39, 0.29) is 0 Å². The molecular formula is C16H32N2. The van der Waals surface area contributed by atoms with E-state index in [0.717, 1.165) is 23.8 Å². The molecule has 2 nitrogen and oxygen atoms in total. The van der Waals surface area contributed by atoms with E-state index in [1.54, 1.807) is 0 Å². The van der Waals surface area contributed by atoms with Crippen molar-refractivity contribution in [1.82, 2.24) is 10.2 Å². The molecule has 1 aliphatic heterocycles. The van der Waals surface area contributed by atoms with Crippen LogP contribution in [-0.2, 0) is 0 Å². The lowest BCUT2D eigenvalue weighted by molar-refractivity contribution is 0.0413. The van der Waals surface area contributed by atoms with Crippen molar-refractivity contribution in [3.05, 3.63) is 0 Å². The van der Waals surface area contributed by atoms with Crippen molar-refractivity contribution in [3.8, 4) is 0 Å². The monoisotopic (exact) mass is 252 g/mol. The maximum absolute atomic E-state index is 3.56. The number of hydrogen-bond donors (Lipinski definition) is 1. The zero-order valence-electron chi connectivity index (χ0n) is 12.6. The van der Waals surface area contributed by atoms with E-state index in [2.05, 4.69) is 31.0 Å². The summed E-state index contributed by atoms with van der Waals surface area (Å²) in [6, 6.07) is 0.902. The van der Waals surface area contributed by atoms with E-state index in [1.165, 1.54) is 58.3 Å². The molecule has 1 atom stereocenters. The van der Waals surface area contributed by atoms with E-state index in [1.807, 2.05) is 0 Å². The molecule has 0 aromatic carbocycles. The van der Waals surface area contributed by atoms with Gasteiger partial charge in [0.1, 0.15) is 0 Å². The lowest BCUT2D eigenvalue weighted by atomic mass is 9.72. The fourth-order valence-electron chi connectivity index (χ4n) is 3.59. The maximum atomic E-state index is 3.56. The summed E-state index contributed by atoms with van der Waals surface area (Å²) in [5, 5.41) is 3.56. The highest BCUT2D eigenvalue weighted by Crippen LogP contribution is 2.37. The Kier molecular flexibility index (Phi) is 5.50. The lowest BCUT2D eigenvalue weighted by Crippen LogP contribution is -2.49. The molecule has 1 aliphatic carbocycles. The van der Waals surface area contributed by atoms with Gasteiger partial charge in [0.25, 0.3) is 0 Å². The molecule has 2 aliphatic rings. The number of nitrogens with one attached hydrogen (secondary N) is 1. The third kappa shape index (κ3) is 3.71. The van der Waals surface area contributed by atoms with E-state index < -0.39 is 0 Å². The molecule has 0 amide bonds. The van der Waals surface area contributed by atoms with Crippen LogP contribution in [0.15, 0.2) is 0 Å². The highest BCUT2D eigenvalue weighted by atomic mass is 15.2. The molecule has 0 bridgehead atoms. The predicted molar refractivity (Wildman–Crippen MR) is 78.8 cm³/mol. The summed E-state index contributed by atoms with van der Waals surface area (Å²) < 4.78 is 0. The molecule has 1 N–H and O–H groups in total. The van der Waals surface area contributed by atoms with Crippen LogP contribution in [0.1, 0.15) is 52.9 Å². The van der Waals surface area contributed by atoms with Crippen LogP contribution in [0.25, 0.3) is 0 Å². The third-order valence-electron chi connectivity index (χ3n) is 5.01. The molecule has 18 heavy (non-hydrogen) atoms. The van der Waals surface area contributed by atoms with Gasteiger partial charge in [-0.2, -0.15) is 0 Å².